The van der Waals surface area contributed by atoms with Crippen LogP contribution in [0.4, 0.5) is 10.1 Å². The summed E-state index contributed by atoms with van der Waals surface area (Å²) in [7, 11) is 1.60. The number of hydrogen-bond donors (Lipinski definition) is 2. The van der Waals surface area contributed by atoms with Gasteiger partial charge in [-0.2, -0.15) is 0 Å². The molecule has 1 saturated carbocycles. The van der Waals surface area contributed by atoms with Gasteiger partial charge >= 0.3 is 0 Å². The van der Waals surface area contributed by atoms with Crippen molar-refractivity contribution in [1.29, 1.82) is 0 Å². The number of methoxy groups -OCH3 is 1. The molecule has 1 aromatic carbocycles. The van der Waals surface area contributed by atoms with Crippen molar-refractivity contribution in [3.05, 3.63) is 59.3 Å². The monoisotopic (exact) mass is 550 g/mol. The molecule has 9 nitrogen and oxygen atoms in total. The predicted molar refractivity (Wildman–Crippen MR) is 156 cm³/mol. The molecule has 2 amide bonds. The second kappa shape index (κ2) is 13.1. The maximum atomic E-state index is 15.0. The predicted octanol–water partition coefficient (Wildman–Crippen LogP) is 3.65. The minimum Gasteiger partial charge on any atom is -0.383 e. The first kappa shape index (κ1) is 29.4. The zero-order valence-corrected chi connectivity index (χ0v) is 23.5. The van der Waals surface area contributed by atoms with Crippen LogP contribution < -0.4 is 16.0 Å². The number of fused-ring (bicyclic) bond motifs is 1. The van der Waals surface area contributed by atoms with Crippen LogP contribution in [-0.2, 0) is 9.53 Å². The van der Waals surface area contributed by atoms with Crippen molar-refractivity contribution in [2.24, 2.45) is 22.6 Å². The lowest BCUT2D eigenvalue weighted by molar-refractivity contribution is -0.131. The number of halogens is 1. The third kappa shape index (κ3) is 6.74. The van der Waals surface area contributed by atoms with Gasteiger partial charge in [0, 0.05) is 50.1 Å². The lowest BCUT2D eigenvalue weighted by Gasteiger charge is -2.35. The van der Waals surface area contributed by atoms with Crippen molar-refractivity contribution in [1.82, 2.24) is 15.2 Å². The van der Waals surface area contributed by atoms with Gasteiger partial charge in [-0.3, -0.25) is 19.6 Å². The Labute approximate surface area is 235 Å². The van der Waals surface area contributed by atoms with Crippen LogP contribution in [0.5, 0.6) is 0 Å². The Kier molecular flexibility index (Phi) is 9.65. The second-order valence-corrected chi connectivity index (χ2v) is 10.8. The van der Waals surface area contributed by atoms with Gasteiger partial charge in [0.15, 0.2) is 0 Å². The molecule has 3 atom stereocenters. The maximum absolute atomic E-state index is 15.0. The molecule has 2 aliphatic rings. The Morgan fingerprint density at radius 3 is 2.83 bits per heavy atom. The fraction of sp³-hybridized carbons (Fsp3) is 0.467. The van der Waals surface area contributed by atoms with Crippen LogP contribution in [0.2, 0.25) is 0 Å². The molecular weight excluding hydrogens is 511 g/mol. The van der Waals surface area contributed by atoms with Crippen LogP contribution in [0.1, 0.15) is 43.5 Å². The summed E-state index contributed by atoms with van der Waals surface area (Å²) < 4.78 is 20.1. The quantitative estimate of drug-likeness (QED) is 0.364. The molecule has 10 heteroatoms. The molecular formula is C30H39FN6O3. The number of hydrogen-bond acceptors (Lipinski definition) is 7. The van der Waals surface area contributed by atoms with E-state index in [9.17, 15) is 14.0 Å². The van der Waals surface area contributed by atoms with E-state index in [1.165, 1.54) is 12.1 Å². The van der Waals surface area contributed by atoms with Gasteiger partial charge in [-0.25, -0.2) is 4.39 Å². The van der Waals surface area contributed by atoms with E-state index in [0.29, 0.717) is 43.5 Å². The van der Waals surface area contributed by atoms with Gasteiger partial charge < -0.3 is 25.6 Å². The van der Waals surface area contributed by atoms with E-state index >= 15 is 0 Å². The van der Waals surface area contributed by atoms with Crippen LogP contribution in [0.3, 0.4) is 0 Å². The number of nitrogens with one attached hydrogen (secondary N) is 1. The Hall–Kier alpha value is -3.63. The Morgan fingerprint density at radius 2 is 2.12 bits per heavy atom. The molecule has 0 radical (unpaired) electrons. The normalized spacial score (nSPS) is 22.5. The first-order chi connectivity index (χ1) is 19.2. The minimum atomic E-state index is -0.482. The molecule has 2 aromatic rings. The van der Waals surface area contributed by atoms with Gasteiger partial charge in [0.25, 0.3) is 5.91 Å². The smallest absolute Gasteiger partial charge is 0.257 e. The number of allylic oxidation sites excluding steroid dienone is 3. The molecule has 1 aromatic heterocycles. The number of benzene rings is 1. The number of rotatable bonds is 9. The van der Waals surface area contributed by atoms with Crippen molar-refractivity contribution >= 4 is 35.1 Å². The van der Waals surface area contributed by atoms with Gasteiger partial charge in [-0.15, -0.1) is 0 Å². The summed E-state index contributed by atoms with van der Waals surface area (Å²) in [5, 5.41) is 3.23. The van der Waals surface area contributed by atoms with Gasteiger partial charge in [-0.05, 0) is 74.6 Å². The third-order valence-electron chi connectivity index (χ3n) is 7.79. The van der Waals surface area contributed by atoms with E-state index in [1.807, 2.05) is 17.9 Å². The summed E-state index contributed by atoms with van der Waals surface area (Å²) in [5.41, 5.74) is 9.11. The summed E-state index contributed by atoms with van der Waals surface area (Å²) in [4.78, 5) is 38.0. The highest BCUT2D eigenvalue weighted by atomic mass is 19.1. The van der Waals surface area contributed by atoms with E-state index in [4.69, 9.17) is 10.5 Å². The van der Waals surface area contributed by atoms with Crippen molar-refractivity contribution in [3.8, 4) is 0 Å². The molecule has 1 saturated heterocycles. The van der Waals surface area contributed by atoms with Crippen LogP contribution >= 0.6 is 0 Å². The van der Waals surface area contributed by atoms with Crippen molar-refractivity contribution < 1.29 is 18.7 Å². The van der Waals surface area contributed by atoms with Crippen LogP contribution in [0, 0.1) is 17.7 Å². The molecule has 214 valence electrons. The fourth-order valence-corrected chi connectivity index (χ4v) is 5.82. The average Bonchev–Trinajstić information content (AvgIpc) is 2.92. The number of aliphatic imine (C=N–C) groups is 1. The average molecular weight is 551 g/mol. The number of aromatic nitrogens is 1. The largest absolute Gasteiger partial charge is 0.383 e. The number of carbonyl (C=O) groups excluding carboxylic acids is 2. The molecule has 0 unspecified atom stereocenters. The molecule has 0 spiro atoms. The highest BCUT2D eigenvalue weighted by Gasteiger charge is 2.28. The van der Waals surface area contributed by atoms with Gasteiger partial charge in [0.05, 0.1) is 36.1 Å². The van der Waals surface area contributed by atoms with E-state index in [2.05, 4.69) is 28.9 Å². The number of nitrogens with two attached hydrogens (primary N) is 1. The second-order valence-electron chi connectivity index (χ2n) is 10.8. The summed E-state index contributed by atoms with van der Waals surface area (Å²) in [6.45, 7) is 9.89. The SMILES string of the molecule is C=N/C=C\C(=C(/C)NC(=O)c1ccc(F)c2cc(N3CCN(CCOC)C(=O)C3)cnc12)[C@@H]1C[C@H](C)C[C@H](N)C1. The molecule has 1 aliphatic carbocycles. The van der Waals surface area contributed by atoms with Gasteiger partial charge in [0.1, 0.15) is 5.82 Å². The van der Waals surface area contributed by atoms with Crippen molar-refractivity contribution in [2.45, 2.75) is 39.2 Å². The van der Waals surface area contributed by atoms with Crippen LogP contribution in [-0.4, -0.2) is 74.4 Å². The van der Waals surface area contributed by atoms with E-state index in [0.717, 1.165) is 24.8 Å². The molecule has 4 rings (SSSR count). The first-order valence-corrected chi connectivity index (χ1v) is 13.7. The highest BCUT2D eigenvalue weighted by molar-refractivity contribution is 6.06. The number of amides is 2. The van der Waals surface area contributed by atoms with Crippen LogP contribution in [0.25, 0.3) is 10.9 Å². The zero-order valence-electron chi connectivity index (χ0n) is 23.5. The molecule has 2 heterocycles. The Balaban J connectivity index is 1.58. The summed E-state index contributed by atoms with van der Waals surface area (Å²) in [5.74, 6) is -0.232. The van der Waals surface area contributed by atoms with Crippen LogP contribution in [0.15, 0.2) is 52.9 Å². The number of carbonyl (C=O) groups is 2. The van der Waals surface area contributed by atoms with Crippen molar-refractivity contribution in [3.63, 3.8) is 0 Å². The number of ether oxygens (including phenoxy) is 1. The summed E-state index contributed by atoms with van der Waals surface area (Å²) in [6.07, 6.45) is 7.85. The Bertz CT molecular complexity index is 1320. The Morgan fingerprint density at radius 1 is 1.32 bits per heavy atom. The summed E-state index contributed by atoms with van der Waals surface area (Å²) >= 11 is 0. The summed E-state index contributed by atoms with van der Waals surface area (Å²) in [6, 6.07) is 4.48. The van der Waals surface area contributed by atoms with E-state index in [1.54, 1.807) is 30.5 Å². The lowest BCUT2D eigenvalue weighted by atomic mass is 9.75. The highest BCUT2D eigenvalue weighted by Crippen LogP contribution is 2.35. The maximum Gasteiger partial charge on any atom is 0.257 e. The number of pyridine rings is 1. The number of nitrogens with zero attached hydrogens (tertiary/aromatic N) is 4. The standard InChI is InChI=1S/C30H39FN6O3/c1-19-13-21(15-22(32)14-19)24(7-8-33-3)20(2)35-30(39)25-5-6-27(31)26-16-23(17-34-29(25)26)37-10-9-36(11-12-40-4)28(38)18-37/h5-8,16-17,19,21-22H,3,9-15,18,32H2,1-2,4H3,(H,35,39)/b8-7-,24-20-/t19-,21+,22-/m0/s1. The first-order valence-electron chi connectivity index (χ1n) is 13.7. The van der Waals surface area contributed by atoms with E-state index in [-0.39, 0.29) is 46.8 Å². The fourth-order valence-electron chi connectivity index (χ4n) is 5.82. The van der Waals surface area contributed by atoms with Gasteiger partial charge in [0.2, 0.25) is 5.91 Å². The third-order valence-corrected chi connectivity index (χ3v) is 7.79. The molecule has 1 aliphatic heterocycles. The van der Waals surface area contributed by atoms with Crippen molar-refractivity contribution in [2.75, 3.05) is 44.8 Å². The van der Waals surface area contributed by atoms with Gasteiger partial charge in [-0.1, -0.05) is 6.92 Å². The van der Waals surface area contributed by atoms with E-state index < -0.39 is 5.82 Å². The molecule has 40 heavy (non-hydrogen) atoms. The number of anilines is 1. The lowest BCUT2D eigenvalue weighted by Crippen LogP contribution is -2.51. The number of piperazine rings is 1. The molecule has 2 fully saturated rings. The zero-order chi connectivity index (χ0) is 28.8. The molecule has 3 N–H and O–H groups in total. The minimum absolute atomic E-state index is 0.0240. The molecule has 0 bridgehead atoms. The topological polar surface area (TPSA) is 113 Å².